The number of hydrogen-bond donors (Lipinski definition) is 2. The molecule has 0 saturated heterocycles. The maximum atomic E-state index is 12.1. The van der Waals surface area contributed by atoms with Crippen LogP contribution in [0.4, 0.5) is 0 Å². The molecule has 2 aromatic rings. The molecule has 0 unspecified atom stereocenters. The molecule has 9 heteroatoms. The highest BCUT2D eigenvalue weighted by molar-refractivity contribution is 7.91. The van der Waals surface area contributed by atoms with Crippen LogP contribution in [0.5, 0.6) is 0 Å². The number of amides is 1. The SMILES string of the molecule is CN(CC(=O)NCCc1cnc[nH]1)S(=O)(=O)c1cccs1. The van der Waals surface area contributed by atoms with E-state index >= 15 is 0 Å². The van der Waals surface area contributed by atoms with E-state index in [2.05, 4.69) is 15.3 Å². The van der Waals surface area contributed by atoms with Crippen molar-refractivity contribution >= 4 is 27.3 Å². The topological polar surface area (TPSA) is 95.2 Å². The van der Waals surface area contributed by atoms with E-state index in [1.807, 2.05) is 0 Å². The zero-order valence-corrected chi connectivity index (χ0v) is 13.1. The third-order valence-corrected chi connectivity index (χ3v) is 5.97. The van der Waals surface area contributed by atoms with Gasteiger partial charge in [-0.2, -0.15) is 4.31 Å². The number of H-pyrrole nitrogens is 1. The van der Waals surface area contributed by atoms with Gasteiger partial charge in [-0.1, -0.05) is 6.07 Å². The maximum Gasteiger partial charge on any atom is 0.252 e. The Balaban J connectivity index is 1.82. The maximum absolute atomic E-state index is 12.1. The quantitative estimate of drug-likeness (QED) is 0.771. The molecule has 0 bridgehead atoms. The van der Waals surface area contributed by atoms with Crippen molar-refractivity contribution in [2.45, 2.75) is 10.6 Å². The molecule has 0 saturated carbocycles. The molecule has 21 heavy (non-hydrogen) atoms. The van der Waals surface area contributed by atoms with Crippen LogP contribution in [0.2, 0.25) is 0 Å². The lowest BCUT2D eigenvalue weighted by Crippen LogP contribution is -2.38. The molecule has 0 aromatic carbocycles. The third-order valence-electron chi connectivity index (χ3n) is 2.80. The molecule has 2 heterocycles. The molecule has 1 amide bonds. The van der Waals surface area contributed by atoms with Gasteiger partial charge in [-0.15, -0.1) is 11.3 Å². The highest BCUT2D eigenvalue weighted by atomic mass is 32.2. The number of imidazole rings is 1. The normalized spacial score (nSPS) is 11.7. The van der Waals surface area contributed by atoms with E-state index in [4.69, 9.17) is 0 Å². The first kappa shape index (κ1) is 15.7. The van der Waals surface area contributed by atoms with Crippen LogP contribution in [-0.4, -0.2) is 48.7 Å². The number of carbonyl (C=O) groups excluding carboxylic acids is 1. The van der Waals surface area contributed by atoms with E-state index in [0.29, 0.717) is 13.0 Å². The van der Waals surface area contributed by atoms with Crippen LogP contribution in [0.3, 0.4) is 0 Å². The molecular formula is C12H16N4O3S2. The molecular weight excluding hydrogens is 312 g/mol. The Hall–Kier alpha value is -1.71. The van der Waals surface area contributed by atoms with Crippen molar-refractivity contribution in [3.63, 3.8) is 0 Å². The summed E-state index contributed by atoms with van der Waals surface area (Å²) >= 11 is 1.13. The summed E-state index contributed by atoms with van der Waals surface area (Å²) in [7, 11) is -2.19. The lowest BCUT2D eigenvalue weighted by Gasteiger charge is -2.15. The number of likely N-dealkylation sites (N-methyl/N-ethyl adjacent to an activating group) is 1. The van der Waals surface area contributed by atoms with Gasteiger partial charge in [0.1, 0.15) is 4.21 Å². The van der Waals surface area contributed by atoms with Crippen molar-refractivity contribution in [2.24, 2.45) is 0 Å². The fraction of sp³-hybridized carbons (Fsp3) is 0.333. The van der Waals surface area contributed by atoms with Crippen LogP contribution < -0.4 is 5.32 Å². The van der Waals surface area contributed by atoms with Gasteiger partial charge in [-0.3, -0.25) is 4.79 Å². The van der Waals surface area contributed by atoms with Gasteiger partial charge < -0.3 is 10.3 Å². The number of sulfonamides is 1. The van der Waals surface area contributed by atoms with Crippen LogP contribution in [0.15, 0.2) is 34.2 Å². The van der Waals surface area contributed by atoms with Gasteiger partial charge in [0, 0.05) is 31.9 Å². The highest BCUT2D eigenvalue weighted by Crippen LogP contribution is 2.19. The Bertz CT molecular complexity index is 665. The van der Waals surface area contributed by atoms with Crippen molar-refractivity contribution < 1.29 is 13.2 Å². The van der Waals surface area contributed by atoms with Crippen molar-refractivity contribution in [1.82, 2.24) is 19.6 Å². The Morgan fingerprint density at radius 3 is 2.95 bits per heavy atom. The zero-order chi connectivity index (χ0) is 15.3. The number of nitrogens with zero attached hydrogens (tertiary/aromatic N) is 2. The fourth-order valence-corrected chi connectivity index (χ4v) is 3.99. The number of hydrogen-bond acceptors (Lipinski definition) is 5. The average molecular weight is 328 g/mol. The van der Waals surface area contributed by atoms with Crippen LogP contribution >= 0.6 is 11.3 Å². The molecule has 0 atom stereocenters. The zero-order valence-electron chi connectivity index (χ0n) is 11.4. The Morgan fingerprint density at radius 1 is 1.52 bits per heavy atom. The van der Waals surface area contributed by atoms with E-state index in [-0.39, 0.29) is 16.7 Å². The molecule has 7 nitrogen and oxygen atoms in total. The predicted octanol–water partition coefficient (Wildman–Crippen LogP) is 0.451. The lowest BCUT2D eigenvalue weighted by molar-refractivity contribution is -0.121. The minimum absolute atomic E-state index is 0.205. The number of aromatic nitrogens is 2. The van der Waals surface area contributed by atoms with Crippen molar-refractivity contribution in [3.05, 3.63) is 35.7 Å². The molecule has 0 aliphatic heterocycles. The first-order chi connectivity index (χ1) is 10.00. The number of rotatable bonds is 7. The van der Waals surface area contributed by atoms with Gasteiger partial charge in [-0.25, -0.2) is 13.4 Å². The molecule has 0 radical (unpaired) electrons. The lowest BCUT2D eigenvalue weighted by atomic mass is 10.3. The van der Waals surface area contributed by atoms with Crippen LogP contribution in [0.1, 0.15) is 5.69 Å². The molecule has 0 aliphatic carbocycles. The second-order valence-electron chi connectivity index (χ2n) is 4.37. The fourth-order valence-electron chi connectivity index (χ4n) is 1.66. The van der Waals surface area contributed by atoms with Crippen LogP contribution in [0.25, 0.3) is 0 Å². The summed E-state index contributed by atoms with van der Waals surface area (Å²) in [6, 6.07) is 3.18. The second kappa shape index (κ2) is 6.83. The Kier molecular flexibility index (Phi) is 5.10. The summed E-state index contributed by atoms with van der Waals surface area (Å²) in [5, 5.41) is 4.37. The first-order valence-electron chi connectivity index (χ1n) is 6.24. The van der Waals surface area contributed by atoms with Gasteiger partial charge >= 0.3 is 0 Å². The molecule has 0 spiro atoms. The molecule has 2 rings (SSSR count). The first-order valence-corrected chi connectivity index (χ1v) is 8.56. The average Bonchev–Trinajstić information content (AvgIpc) is 3.12. The van der Waals surface area contributed by atoms with Gasteiger partial charge in [0.2, 0.25) is 5.91 Å². The summed E-state index contributed by atoms with van der Waals surface area (Å²) in [6.07, 6.45) is 3.87. The van der Waals surface area contributed by atoms with E-state index < -0.39 is 10.0 Å². The number of thiophene rings is 1. The molecule has 2 N–H and O–H groups in total. The van der Waals surface area contributed by atoms with Gasteiger partial charge in [-0.05, 0) is 11.4 Å². The monoisotopic (exact) mass is 328 g/mol. The number of aromatic amines is 1. The molecule has 0 fully saturated rings. The van der Waals surface area contributed by atoms with Crippen LogP contribution in [0, 0.1) is 0 Å². The minimum atomic E-state index is -3.58. The Morgan fingerprint density at radius 2 is 2.33 bits per heavy atom. The van der Waals surface area contributed by atoms with Crippen molar-refractivity contribution in [2.75, 3.05) is 20.1 Å². The van der Waals surface area contributed by atoms with Gasteiger partial charge in [0.05, 0.1) is 12.9 Å². The summed E-state index contributed by atoms with van der Waals surface area (Å²) in [5.74, 6) is -0.336. The van der Waals surface area contributed by atoms with E-state index in [1.165, 1.54) is 13.1 Å². The number of nitrogens with one attached hydrogen (secondary N) is 2. The van der Waals surface area contributed by atoms with E-state index in [1.54, 1.807) is 24.0 Å². The van der Waals surface area contributed by atoms with Crippen molar-refractivity contribution in [3.8, 4) is 0 Å². The van der Waals surface area contributed by atoms with E-state index in [9.17, 15) is 13.2 Å². The van der Waals surface area contributed by atoms with Gasteiger partial charge in [0.15, 0.2) is 0 Å². The second-order valence-corrected chi connectivity index (χ2v) is 7.59. The summed E-state index contributed by atoms with van der Waals surface area (Å²) in [6.45, 7) is 0.219. The number of carbonyl (C=O) groups is 1. The largest absolute Gasteiger partial charge is 0.355 e. The van der Waals surface area contributed by atoms with E-state index in [0.717, 1.165) is 21.3 Å². The summed E-state index contributed by atoms with van der Waals surface area (Å²) in [5.41, 5.74) is 0.912. The minimum Gasteiger partial charge on any atom is -0.355 e. The highest BCUT2D eigenvalue weighted by Gasteiger charge is 2.23. The predicted molar refractivity (Wildman–Crippen MR) is 79.4 cm³/mol. The van der Waals surface area contributed by atoms with Gasteiger partial charge in [0.25, 0.3) is 10.0 Å². The Labute approximate surface area is 127 Å². The smallest absolute Gasteiger partial charge is 0.252 e. The standard InChI is InChI=1S/C12H16N4O3S2/c1-16(21(18,19)12-3-2-6-20-12)8-11(17)14-5-4-10-7-13-9-15-10/h2-3,6-7,9H,4-5,8H2,1H3,(H,13,15)(H,14,17). The molecule has 0 aliphatic rings. The summed E-state index contributed by atoms with van der Waals surface area (Å²) in [4.78, 5) is 18.6. The molecule has 2 aromatic heterocycles. The molecule has 114 valence electrons. The van der Waals surface area contributed by atoms with Crippen molar-refractivity contribution in [1.29, 1.82) is 0 Å². The third kappa shape index (κ3) is 4.13. The summed E-state index contributed by atoms with van der Waals surface area (Å²) < 4.78 is 25.5. The van der Waals surface area contributed by atoms with Crippen LogP contribution in [-0.2, 0) is 21.2 Å².